The summed E-state index contributed by atoms with van der Waals surface area (Å²) in [4.78, 5) is 11.0. The lowest BCUT2D eigenvalue weighted by Crippen LogP contribution is -2.49. The van der Waals surface area contributed by atoms with Gasteiger partial charge in [0.15, 0.2) is 6.29 Å². The quantitative estimate of drug-likeness (QED) is 0.695. The summed E-state index contributed by atoms with van der Waals surface area (Å²) in [5.74, 6) is -2.00. The molecule has 1 rings (SSSR count). The van der Waals surface area contributed by atoms with E-state index >= 15 is 0 Å². The largest absolute Gasteiger partial charge is 0.471 e. The molecule has 1 fully saturated rings. The van der Waals surface area contributed by atoms with Gasteiger partial charge in [-0.15, -0.1) is 6.58 Å². The fourth-order valence-corrected chi connectivity index (χ4v) is 1.95. The monoisotopic (exact) mass is 325 g/mol. The molecule has 0 aliphatic carbocycles. The molecule has 1 heterocycles. The van der Waals surface area contributed by atoms with Crippen molar-refractivity contribution < 1.29 is 32.2 Å². The van der Waals surface area contributed by atoms with Gasteiger partial charge in [-0.05, 0) is 26.2 Å². The number of rotatable bonds is 8. The highest BCUT2D eigenvalue weighted by Gasteiger charge is 2.40. The third-order valence-corrected chi connectivity index (χ3v) is 3.19. The van der Waals surface area contributed by atoms with Gasteiger partial charge < -0.3 is 19.5 Å². The Kier molecular flexibility index (Phi) is 7.84. The molecule has 8 heteroatoms. The van der Waals surface area contributed by atoms with Crippen LogP contribution in [0.2, 0.25) is 0 Å². The fraction of sp³-hybridized carbons (Fsp3) is 0.786. The molecule has 0 bridgehead atoms. The zero-order chi connectivity index (χ0) is 16.6. The minimum Gasteiger partial charge on any atom is -0.370 e. The van der Waals surface area contributed by atoms with Gasteiger partial charge in [-0.2, -0.15) is 13.2 Å². The molecule has 0 spiro atoms. The van der Waals surface area contributed by atoms with Gasteiger partial charge in [-0.1, -0.05) is 6.08 Å². The van der Waals surface area contributed by atoms with Crippen molar-refractivity contribution in [2.75, 3.05) is 19.8 Å². The standard InChI is InChI=1S/C14H22F3NO4/c1-3-7-20-11(9-22-12-6-4-5-8-21-12)10(2)18-13(19)14(15,16)17/h3,10-12H,1,4-9H2,2H3,(H,18,19). The molecule has 1 aliphatic rings. The van der Waals surface area contributed by atoms with E-state index in [1.165, 1.54) is 13.0 Å². The highest BCUT2D eigenvalue weighted by Crippen LogP contribution is 2.17. The summed E-state index contributed by atoms with van der Waals surface area (Å²) in [6, 6.07) is -0.863. The van der Waals surface area contributed by atoms with Gasteiger partial charge in [-0.25, -0.2) is 0 Å². The van der Waals surface area contributed by atoms with Crippen LogP contribution in [0.25, 0.3) is 0 Å². The first-order valence-corrected chi connectivity index (χ1v) is 7.18. The summed E-state index contributed by atoms with van der Waals surface area (Å²) in [5.41, 5.74) is 0. The maximum atomic E-state index is 12.3. The Morgan fingerprint density at radius 1 is 1.50 bits per heavy atom. The maximum absolute atomic E-state index is 12.3. The number of halogens is 3. The molecule has 5 nitrogen and oxygen atoms in total. The predicted molar refractivity (Wildman–Crippen MR) is 73.1 cm³/mol. The molecule has 0 aromatic carbocycles. The minimum atomic E-state index is -4.93. The number of hydrogen-bond acceptors (Lipinski definition) is 4. The second-order valence-electron chi connectivity index (χ2n) is 5.05. The summed E-state index contributed by atoms with van der Waals surface area (Å²) < 4.78 is 53.1. The summed E-state index contributed by atoms with van der Waals surface area (Å²) in [6.07, 6.45) is -1.88. The molecular formula is C14H22F3NO4. The Labute approximate surface area is 127 Å². The van der Waals surface area contributed by atoms with E-state index in [4.69, 9.17) is 14.2 Å². The summed E-state index contributed by atoms with van der Waals surface area (Å²) in [6.45, 7) is 5.69. The van der Waals surface area contributed by atoms with E-state index in [9.17, 15) is 18.0 Å². The lowest BCUT2D eigenvalue weighted by Gasteiger charge is -2.28. The van der Waals surface area contributed by atoms with Crippen LogP contribution in [0.4, 0.5) is 13.2 Å². The Balaban J connectivity index is 2.50. The molecule has 1 aliphatic heterocycles. The van der Waals surface area contributed by atoms with E-state index in [2.05, 4.69) is 6.58 Å². The van der Waals surface area contributed by atoms with E-state index in [0.29, 0.717) is 6.61 Å². The SMILES string of the molecule is C=CCOC(COC1CCCCO1)C(C)NC(=O)C(F)(F)F. The fourth-order valence-electron chi connectivity index (χ4n) is 1.95. The van der Waals surface area contributed by atoms with Crippen molar-refractivity contribution in [1.29, 1.82) is 0 Å². The molecule has 0 aromatic rings. The van der Waals surface area contributed by atoms with Crippen LogP contribution in [-0.2, 0) is 19.0 Å². The van der Waals surface area contributed by atoms with Crippen molar-refractivity contribution in [3.05, 3.63) is 12.7 Å². The highest BCUT2D eigenvalue weighted by molar-refractivity contribution is 5.81. The summed E-state index contributed by atoms with van der Waals surface area (Å²) in [5, 5.41) is 1.87. The Hall–Kier alpha value is -1.12. The second-order valence-corrected chi connectivity index (χ2v) is 5.05. The molecule has 1 saturated heterocycles. The van der Waals surface area contributed by atoms with Crippen molar-refractivity contribution in [2.45, 2.75) is 50.8 Å². The number of amides is 1. The smallest absolute Gasteiger partial charge is 0.370 e. The maximum Gasteiger partial charge on any atom is 0.471 e. The zero-order valence-corrected chi connectivity index (χ0v) is 12.5. The Morgan fingerprint density at radius 3 is 2.77 bits per heavy atom. The van der Waals surface area contributed by atoms with E-state index in [-0.39, 0.29) is 19.5 Å². The first-order valence-electron chi connectivity index (χ1n) is 7.18. The zero-order valence-electron chi connectivity index (χ0n) is 12.5. The minimum absolute atomic E-state index is 0.0256. The lowest BCUT2D eigenvalue weighted by atomic mass is 10.2. The van der Waals surface area contributed by atoms with Gasteiger partial charge in [0.1, 0.15) is 6.10 Å². The Morgan fingerprint density at radius 2 is 2.23 bits per heavy atom. The summed E-state index contributed by atoms with van der Waals surface area (Å²) in [7, 11) is 0. The predicted octanol–water partition coefficient (Wildman–Crippen LogP) is 2.17. The van der Waals surface area contributed by atoms with Crippen LogP contribution in [0.1, 0.15) is 26.2 Å². The first-order chi connectivity index (χ1) is 10.3. The number of carbonyl (C=O) groups is 1. The molecule has 1 N–H and O–H groups in total. The van der Waals surface area contributed by atoms with Gasteiger partial charge >= 0.3 is 12.1 Å². The highest BCUT2D eigenvalue weighted by atomic mass is 19.4. The van der Waals surface area contributed by atoms with Crippen LogP contribution in [0.5, 0.6) is 0 Å². The van der Waals surface area contributed by atoms with Crippen LogP contribution in [0.15, 0.2) is 12.7 Å². The average molecular weight is 325 g/mol. The van der Waals surface area contributed by atoms with Crippen molar-refractivity contribution in [3.8, 4) is 0 Å². The van der Waals surface area contributed by atoms with E-state index in [1.54, 1.807) is 0 Å². The van der Waals surface area contributed by atoms with Crippen molar-refractivity contribution in [3.63, 3.8) is 0 Å². The molecule has 3 atom stereocenters. The van der Waals surface area contributed by atoms with Gasteiger partial charge in [-0.3, -0.25) is 4.79 Å². The topological polar surface area (TPSA) is 56.8 Å². The van der Waals surface area contributed by atoms with Gasteiger partial charge in [0, 0.05) is 6.61 Å². The molecule has 22 heavy (non-hydrogen) atoms. The number of carbonyl (C=O) groups excluding carboxylic acids is 1. The van der Waals surface area contributed by atoms with Crippen molar-refractivity contribution >= 4 is 5.91 Å². The van der Waals surface area contributed by atoms with Gasteiger partial charge in [0.05, 0.1) is 19.3 Å². The third kappa shape index (κ3) is 6.76. The average Bonchev–Trinajstić information content (AvgIpc) is 2.47. The van der Waals surface area contributed by atoms with E-state index < -0.39 is 24.2 Å². The van der Waals surface area contributed by atoms with Crippen LogP contribution in [-0.4, -0.2) is 50.3 Å². The van der Waals surface area contributed by atoms with Gasteiger partial charge in [0.25, 0.3) is 0 Å². The van der Waals surface area contributed by atoms with Gasteiger partial charge in [0.2, 0.25) is 0 Å². The summed E-state index contributed by atoms with van der Waals surface area (Å²) >= 11 is 0. The number of ether oxygens (including phenoxy) is 3. The van der Waals surface area contributed by atoms with Crippen LogP contribution < -0.4 is 5.32 Å². The third-order valence-electron chi connectivity index (χ3n) is 3.19. The van der Waals surface area contributed by atoms with Crippen LogP contribution >= 0.6 is 0 Å². The number of nitrogens with one attached hydrogen (secondary N) is 1. The molecule has 0 aromatic heterocycles. The van der Waals surface area contributed by atoms with E-state index in [1.807, 2.05) is 5.32 Å². The molecule has 3 unspecified atom stereocenters. The van der Waals surface area contributed by atoms with Crippen LogP contribution in [0.3, 0.4) is 0 Å². The van der Waals surface area contributed by atoms with Crippen LogP contribution in [0, 0.1) is 0 Å². The second kappa shape index (κ2) is 9.12. The number of hydrogen-bond donors (Lipinski definition) is 1. The Bertz CT molecular complexity index is 356. The molecular weight excluding hydrogens is 303 g/mol. The molecule has 128 valence electrons. The first kappa shape index (κ1) is 18.9. The van der Waals surface area contributed by atoms with Crippen molar-refractivity contribution in [1.82, 2.24) is 5.32 Å². The van der Waals surface area contributed by atoms with E-state index in [0.717, 1.165) is 19.3 Å². The molecule has 1 amide bonds. The number of alkyl halides is 3. The molecule has 0 saturated carbocycles. The lowest BCUT2D eigenvalue weighted by molar-refractivity contribution is -0.185. The normalized spacial score (nSPS) is 21.9. The molecule has 0 radical (unpaired) electrons. The van der Waals surface area contributed by atoms with Crippen molar-refractivity contribution in [2.24, 2.45) is 0 Å².